The molecular weight excluding hydrogens is 348 g/mol. The molecule has 3 rings (SSSR count). The fraction of sp³-hybridized carbons (Fsp3) is 0.632. The Morgan fingerprint density at radius 1 is 1.48 bits per heavy atom. The number of hydrogen-bond donors (Lipinski definition) is 2. The summed E-state index contributed by atoms with van der Waals surface area (Å²) in [5.74, 6) is -0.360. The Morgan fingerprint density at radius 2 is 2.19 bits per heavy atom. The van der Waals surface area contributed by atoms with Gasteiger partial charge in [-0.2, -0.15) is 5.10 Å². The van der Waals surface area contributed by atoms with Gasteiger partial charge >= 0.3 is 0 Å². The SMILES string of the molecule is C=C[C@@H]1OCC[C@H]1C(=O)N1CCC(O)(CNC(=O)c2cn(C)nc2C)CC1. The number of likely N-dealkylation sites (tertiary alicyclic amines) is 1. The number of aromatic nitrogens is 2. The van der Waals surface area contributed by atoms with Gasteiger partial charge in [0.25, 0.3) is 5.91 Å². The Labute approximate surface area is 159 Å². The van der Waals surface area contributed by atoms with E-state index in [-0.39, 0.29) is 30.4 Å². The minimum atomic E-state index is -1.01. The van der Waals surface area contributed by atoms with Crippen molar-refractivity contribution in [2.75, 3.05) is 26.2 Å². The zero-order valence-corrected chi connectivity index (χ0v) is 16.0. The molecule has 2 saturated heterocycles. The van der Waals surface area contributed by atoms with Gasteiger partial charge in [-0.15, -0.1) is 6.58 Å². The molecular formula is C19H28N4O4. The van der Waals surface area contributed by atoms with Crippen molar-refractivity contribution in [3.8, 4) is 0 Å². The van der Waals surface area contributed by atoms with E-state index >= 15 is 0 Å². The molecule has 148 valence electrons. The van der Waals surface area contributed by atoms with Gasteiger partial charge in [0, 0.05) is 39.5 Å². The largest absolute Gasteiger partial charge is 0.388 e. The van der Waals surface area contributed by atoms with E-state index in [0.29, 0.717) is 50.2 Å². The first-order valence-electron chi connectivity index (χ1n) is 9.37. The van der Waals surface area contributed by atoms with E-state index in [1.54, 1.807) is 35.8 Å². The van der Waals surface area contributed by atoms with E-state index in [0.717, 1.165) is 0 Å². The van der Waals surface area contributed by atoms with Crippen LogP contribution in [0.1, 0.15) is 35.3 Å². The second-order valence-electron chi connectivity index (χ2n) is 7.50. The Hall–Kier alpha value is -2.19. The smallest absolute Gasteiger partial charge is 0.254 e. The molecule has 0 spiro atoms. The standard InChI is InChI=1S/C19H28N4O4/c1-4-16-14(5-10-27-16)18(25)23-8-6-19(26,7-9-23)12-20-17(24)15-11-22(3)21-13(15)2/h4,11,14,16,26H,1,5-10,12H2,2-3H3,(H,20,24)/t14-,16+/m1/s1. The van der Waals surface area contributed by atoms with Crippen molar-refractivity contribution in [3.63, 3.8) is 0 Å². The van der Waals surface area contributed by atoms with Crippen molar-refractivity contribution in [3.05, 3.63) is 30.1 Å². The number of ether oxygens (including phenoxy) is 1. The first kappa shape index (κ1) is 19.6. The predicted molar refractivity (Wildman–Crippen MR) is 99.1 cm³/mol. The number of amides is 2. The molecule has 0 aromatic carbocycles. The second kappa shape index (κ2) is 7.82. The molecule has 8 nitrogen and oxygen atoms in total. The lowest BCUT2D eigenvalue weighted by Gasteiger charge is -2.39. The molecule has 0 saturated carbocycles. The zero-order valence-electron chi connectivity index (χ0n) is 16.0. The number of carbonyl (C=O) groups is 2. The molecule has 0 radical (unpaired) electrons. The van der Waals surface area contributed by atoms with Crippen LogP contribution in [0.25, 0.3) is 0 Å². The highest BCUT2D eigenvalue weighted by atomic mass is 16.5. The fourth-order valence-electron chi connectivity index (χ4n) is 3.82. The van der Waals surface area contributed by atoms with Crippen LogP contribution in [0.3, 0.4) is 0 Å². The van der Waals surface area contributed by atoms with Gasteiger partial charge in [-0.3, -0.25) is 14.3 Å². The molecule has 2 amide bonds. The number of nitrogens with one attached hydrogen (secondary N) is 1. The Morgan fingerprint density at radius 3 is 2.78 bits per heavy atom. The van der Waals surface area contributed by atoms with E-state index in [4.69, 9.17) is 4.74 Å². The monoisotopic (exact) mass is 376 g/mol. The van der Waals surface area contributed by atoms with Crippen molar-refractivity contribution >= 4 is 11.8 Å². The highest BCUT2D eigenvalue weighted by Crippen LogP contribution is 2.28. The molecule has 8 heteroatoms. The van der Waals surface area contributed by atoms with Gasteiger partial charge in [-0.1, -0.05) is 6.08 Å². The summed E-state index contributed by atoms with van der Waals surface area (Å²) in [7, 11) is 1.76. The van der Waals surface area contributed by atoms with Gasteiger partial charge in [0.2, 0.25) is 5.91 Å². The van der Waals surface area contributed by atoms with Crippen LogP contribution >= 0.6 is 0 Å². The molecule has 1 aromatic rings. The second-order valence-corrected chi connectivity index (χ2v) is 7.50. The molecule has 2 aliphatic rings. The van der Waals surface area contributed by atoms with Gasteiger partial charge in [0.05, 0.1) is 28.9 Å². The first-order valence-corrected chi connectivity index (χ1v) is 9.37. The number of nitrogens with zero attached hydrogens (tertiary/aromatic N) is 3. The molecule has 0 aliphatic carbocycles. The summed E-state index contributed by atoms with van der Waals surface area (Å²) in [5, 5.41) is 17.7. The summed E-state index contributed by atoms with van der Waals surface area (Å²) in [6.45, 7) is 7.18. The van der Waals surface area contributed by atoms with Crippen LogP contribution in [0.4, 0.5) is 0 Å². The predicted octanol–water partition coefficient (Wildman–Crippen LogP) is 0.403. The molecule has 2 aliphatic heterocycles. The van der Waals surface area contributed by atoms with Crippen LogP contribution in [-0.4, -0.2) is 69.5 Å². The number of rotatable bonds is 5. The van der Waals surface area contributed by atoms with Crippen LogP contribution in [0.2, 0.25) is 0 Å². The number of hydrogen-bond acceptors (Lipinski definition) is 5. The minimum Gasteiger partial charge on any atom is -0.388 e. The fourth-order valence-corrected chi connectivity index (χ4v) is 3.82. The summed E-state index contributed by atoms with van der Waals surface area (Å²) < 4.78 is 7.11. The zero-order chi connectivity index (χ0) is 19.6. The van der Waals surface area contributed by atoms with Crippen LogP contribution < -0.4 is 5.32 Å². The Bertz CT molecular complexity index is 721. The Balaban J connectivity index is 1.51. The molecule has 2 fully saturated rings. The van der Waals surface area contributed by atoms with Gasteiger partial charge in [0.1, 0.15) is 0 Å². The van der Waals surface area contributed by atoms with Crippen LogP contribution in [0.5, 0.6) is 0 Å². The van der Waals surface area contributed by atoms with E-state index < -0.39 is 5.60 Å². The van der Waals surface area contributed by atoms with Gasteiger partial charge in [-0.25, -0.2) is 0 Å². The molecule has 1 aromatic heterocycles. The van der Waals surface area contributed by atoms with Crippen molar-refractivity contribution in [2.45, 2.75) is 37.9 Å². The van der Waals surface area contributed by atoms with Crippen molar-refractivity contribution in [1.82, 2.24) is 20.0 Å². The van der Waals surface area contributed by atoms with E-state index in [1.165, 1.54) is 0 Å². The number of piperidine rings is 1. The van der Waals surface area contributed by atoms with Crippen molar-refractivity contribution < 1.29 is 19.4 Å². The van der Waals surface area contributed by atoms with Gasteiger partial charge < -0.3 is 20.1 Å². The topological polar surface area (TPSA) is 96.7 Å². The van der Waals surface area contributed by atoms with E-state index in [1.807, 2.05) is 0 Å². The van der Waals surface area contributed by atoms with Gasteiger partial charge in [0.15, 0.2) is 0 Å². The maximum atomic E-state index is 12.7. The summed E-state index contributed by atoms with van der Waals surface area (Å²) in [5.41, 5.74) is 0.149. The third-order valence-electron chi connectivity index (χ3n) is 5.53. The summed E-state index contributed by atoms with van der Waals surface area (Å²) in [6, 6.07) is 0. The lowest BCUT2D eigenvalue weighted by atomic mass is 9.89. The summed E-state index contributed by atoms with van der Waals surface area (Å²) >= 11 is 0. The number of aryl methyl sites for hydroxylation is 2. The lowest BCUT2D eigenvalue weighted by molar-refractivity contribution is -0.140. The van der Waals surface area contributed by atoms with Gasteiger partial charge in [-0.05, 0) is 26.2 Å². The van der Waals surface area contributed by atoms with E-state index in [9.17, 15) is 14.7 Å². The minimum absolute atomic E-state index is 0.0643. The molecule has 2 N–H and O–H groups in total. The number of aliphatic hydroxyl groups is 1. The lowest BCUT2D eigenvalue weighted by Crippen LogP contribution is -2.53. The number of carbonyl (C=O) groups excluding carboxylic acids is 2. The first-order chi connectivity index (χ1) is 12.8. The summed E-state index contributed by atoms with van der Waals surface area (Å²) in [4.78, 5) is 26.8. The molecule has 27 heavy (non-hydrogen) atoms. The molecule has 2 atom stereocenters. The van der Waals surface area contributed by atoms with Crippen LogP contribution in [0, 0.1) is 12.8 Å². The maximum Gasteiger partial charge on any atom is 0.254 e. The van der Waals surface area contributed by atoms with E-state index in [2.05, 4.69) is 17.0 Å². The quantitative estimate of drug-likeness (QED) is 0.726. The highest BCUT2D eigenvalue weighted by Gasteiger charge is 2.39. The van der Waals surface area contributed by atoms with Crippen molar-refractivity contribution in [1.29, 1.82) is 0 Å². The highest BCUT2D eigenvalue weighted by molar-refractivity contribution is 5.95. The van der Waals surface area contributed by atoms with Crippen LogP contribution in [-0.2, 0) is 16.6 Å². The molecule has 3 heterocycles. The normalized spacial score (nSPS) is 24.6. The molecule has 0 bridgehead atoms. The maximum absolute atomic E-state index is 12.7. The average molecular weight is 376 g/mol. The Kier molecular flexibility index (Phi) is 5.67. The molecule has 0 unspecified atom stereocenters. The van der Waals surface area contributed by atoms with Crippen molar-refractivity contribution in [2.24, 2.45) is 13.0 Å². The van der Waals surface area contributed by atoms with Crippen LogP contribution in [0.15, 0.2) is 18.9 Å². The third kappa shape index (κ3) is 4.22. The average Bonchev–Trinajstić information content (AvgIpc) is 3.25. The third-order valence-corrected chi connectivity index (χ3v) is 5.53. The summed E-state index contributed by atoms with van der Waals surface area (Å²) in [6.07, 6.45) is 4.69.